The Balaban J connectivity index is 3.07. The molecule has 0 saturated carbocycles. The first-order valence-corrected chi connectivity index (χ1v) is 4.04. The van der Waals surface area contributed by atoms with Crippen molar-refractivity contribution in [2.45, 2.75) is 0 Å². The molecule has 1 atom stereocenters. The summed E-state index contributed by atoms with van der Waals surface area (Å²) in [6.07, 6.45) is 0. The van der Waals surface area contributed by atoms with Crippen LogP contribution in [-0.4, -0.2) is 4.89 Å². The molecule has 0 aliphatic rings. The van der Waals surface area contributed by atoms with E-state index in [1.807, 2.05) is 0 Å². The van der Waals surface area contributed by atoms with Gasteiger partial charge < -0.3 is 4.89 Å². The lowest BCUT2D eigenvalue weighted by Gasteiger charge is -1.92. The molecule has 0 aromatic heterocycles. The van der Waals surface area contributed by atoms with Crippen molar-refractivity contribution in [2.24, 2.45) is 0 Å². The molecule has 1 unspecified atom stereocenters. The first-order valence-electron chi connectivity index (χ1n) is 2.69. The van der Waals surface area contributed by atoms with Crippen molar-refractivity contribution in [3.63, 3.8) is 0 Å². The van der Waals surface area contributed by atoms with Gasteiger partial charge in [0.2, 0.25) is 8.03 Å². The molecule has 1 rings (SSSR count). The zero-order valence-corrected chi connectivity index (χ0v) is 6.04. The van der Waals surface area contributed by atoms with Crippen LogP contribution >= 0.6 is 8.03 Å². The highest BCUT2D eigenvalue weighted by molar-refractivity contribution is 7.47. The fourth-order valence-corrected chi connectivity index (χ4v) is 1.12. The Morgan fingerprint density at radius 1 is 1.50 bits per heavy atom. The van der Waals surface area contributed by atoms with Gasteiger partial charge in [0.05, 0.1) is 0 Å². The van der Waals surface area contributed by atoms with Gasteiger partial charge in [0.25, 0.3) is 0 Å². The lowest BCUT2D eigenvalue weighted by molar-refractivity contribution is 0.513. The van der Waals surface area contributed by atoms with Crippen LogP contribution in [0.2, 0.25) is 0 Å². The topological polar surface area (TPSA) is 37.3 Å². The quantitative estimate of drug-likeness (QED) is 0.620. The zero-order chi connectivity index (χ0) is 7.56. The highest BCUT2D eigenvalue weighted by Gasteiger charge is 1.97. The van der Waals surface area contributed by atoms with Crippen molar-refractivity contribution in [1.29, 1.82) is 0 Å². The van der Waals surface area contributed by atoms with Crippen LogP contribution in [-0.2, 0) is 4.57 Å². The van der Waals surface area contributed by atoms with Crippen LogP contribution in [0.25, 0.3) is 0 Å². The van der Waals surface area contributed by atoms with Crippen molar-refractivity contribution >= 4 is 13.3 Å². The maximum atomic E-state index is 12.3. The maximum Gasteiger partial charge on any atom is 0.218 e. The molecule has 1 N–H and O–H groups in total. The van der Waals surface area contributed by atoms with Gasteiger partial charge in [-0.15, -0.1) is 0 Å². The van der Waals surface area contributed by atoms with Crippen molar-refractivity contribution in [3.05, 3.63) is 30.1 Å². The number of halogens is 1. The van der Waals surface area contributed by atoms with Gasteiger partial charge in [0, 0.05) is 5.30 Å². The third-order valence-corrected chi connectivity index (χ3v) is 1.88. The average Bonchev–Trinajstić information content (AvgIpc) is 1.88. The monoisotopic (exact) mass is 160 g/mol. The van der Waals surface area contributed by atoms with Crippen molar-refractivity contribution < 1.29 is 13.8 Å². The fraction of sp³-hybridized carbons (Fsp3) is 0. The van der Waals surface area contributed by atoms with Crippen LogP contribution in [0.3, 0.4) is 0 Å². The van der Waals surface area contributed by atoms with Gasteiger partial charge in [0.1, 0.15) is 5.82 Å². The summed E-state index contributed by atoms with van der Waals surface area (Å²) in [5, 5.41) is 0.157. The van der Waals surface area contributed by atoms with Gasteiger partial charge in [-0.25, -0.2) is 4.39 Å². The van der Waals surface area contributed by atoms with E-state index in [1.165, 1.54) is 18.2 Å². The Hall–Kier alpha value is -0.660. The first kappa shape index (κ1) is 7.45. The largest absolute Gasteiger partial charge is 0.343 e. The number of hydrogen-bond donors (Lipinski definition) is 1. The van der Waals surface area contributed by atoms with E-state index in [0.29, 0.717) is 0 Å². The predicted molar refractivity (Wildman–Crippen MR) is 37.3 cm³/mol. The number of rotatable bonds is 1. The summed E-state index contributed by atoms with van der Waals surface area (Å²) in [6, 6.07) is 5.11. The van der Waals surface area contributed by atoms with Crippen LogP contribution in [0.1, 0.15) is 0 Å². The third kappa shape index (κ3) is 1.66. The Labute approximate surface area is 58.2 Å². The lowest BCUT2D eigenvalue weighted by Crippen LogP contribution is -1.94. The van der Waals surface area contributed by atoms with Crippen LogP contribution in [0.15, 0.2) is 24.3 Å². The van der Waals surface area contributed by atoms with E-state index in [2.05, 4.69) is 0 Å². The van der Waals surface area contributed by atoms with Crippen molar-refractivity contribution in [3.8, 4) is 0 Å². The van der Waals surface area contributed by atoms with Gasteiger partial charge in [-0.3, -0.25) is 4.57 Å². The fourth-order valence-electron chi connectivity index (χ4n) is 0.622. The van der Waals surface area contributed by atoms with Crippen LogP contribution in [0.5, 0.6) is 0 Å². The molecule has 54 valence electrons. The molecule has 0 aliphatic carbocycles. The summed E-state index contributed by atoms with van der Waals surface area (Å²) >= 11 is 0. The van der Waals surface area contributed by atoms with E-state index in [4.69, 9.17) is 4.89 Å². The number of benzene rings is 1. The maximum absolute atomic E-state index is 12.3. The molecule has 10 heavy (non-hydrogen) atoms. The van der Waals surface area contributed by atoms with E-state index in [1.54, 1.807) is 0 Å². The van der Waals surface area contributed by atoms with Crippen molar-refractivity contribution in [2.75, 3.05) is 0 Å². The first-order chi connectivity index (χ1) is 4.70. The van der Waals surface area contributed by atoms with E-state index in [0.717, 1.165) is 6.07 Å². The van der Waals surface area contributed by atoms with Crippen LogP contribution < -0.4 is 5.30 Å². The molecule has 2 nitrogen and oxygen atoms in total. The van der Waals surface area contributed by atoms with Gasteiger partial charge >= 0.3 is 0 Å². The minimum atomic E-state index is -2.72. The highest BCUT2D eigenvalue weighted by atomic mass is 31.1. The molecule has 0 aliphatic heterocycles. The van der Waals surface area contributed by atoms with E-state index < -0.39 is 13.8 Å². The summed E-state index contributed by atoms with van der Waals surface area (Å²) in [7, 11) is -2.72. The predicted octanol–water partition coefficient (Wildman–Crippen LogP) is 0.918. The Kier molecular flexibility index (Phi) is 2.20. The molecule has 0 heterocycles. The van der Waals surface area contributed by atoms with Crippen LogP contribution in [0, 0.1) is 5.82 Å². The highest BCUT2D eigenvalue weighted by Crippen LogP contribution is 2.12. The van der Waals surface area contributed by atoms with E-state index in [9.17, 15) is 8.96 Å². The van der Waals surface area contributed by atoms with Gasteiger partial charge in [-0.2, -0.15) is 0 Å². The summed E-state index contributed by atoms with van der Waals surface area (Å²) in [5.41, 5.74) is 0. The average molecular weight is 160 g/mol. The summed E-state index contributed by atoms with van der Waals surface area (Å²) in [5.74, 6) is -0.482. The van der Waals surface area contributed by atoms with E-state index >= 15 is 0 Å². The molecule has 0 spiro atoms. The second-order valence-electron chi connectivity index (χ2n) is 1.82. The van der Waals surface area contributed by atoms with Gasteiger partial charge in [-0.05, 0) is 18.2 Å². The molecular weight excluding hydrogens is 154 g/mol. The molecule has 4 heteroatoms. The smallest absolute Gasteiger partial charge is 0.218 e. The van der Waals surface area contributed by atoms with Crippen molar-refractivity contribution in [1.82, 2.24) is 0 Å². The number of hydrogen-bond acceptors (Lipinski definition) is 1. The molecule has 1 aromatic rings. The summed E-state index contributed by atoms with van der Waals surface area (Å²) in [6.45, 7) is 0. The normalized spacial score (nSPS) is 13.0. The Morgan fingerprint density at radius 3 is 2.60 bits per heavy atom. The third-order valence-electron chi connectivity index (χ3n) is 1.07. The standard InChI is InChI=1S/C6H6FO2P/c7-5-2-1-3-6(4-5)10(8)9/h1-4,10H,(H,8,9). The second-order valence-corrected chi connectivity index (χ2v) is 3.00. The zero-order valence-electron chi connectivity index (χ0n) is 5.04. The molecule has 0 fully saturated rings. The lowest BCUT2D eigenvalue weighted by atomic mass is 10.4. The molecule has 0 bridgehead atoms. The van der Waals surface area contributed by atoms with Gasteiger partial charge in [-0.1, -0.05) is 6.07 Å². The molecule has 0 radical (unpaired) electrons. The SMILES string of the molecule is O=[PH](O)c1cccc(F)c1. The van der Waals surface area contributed by atoms with E-state index in [-0.39, 0.29) is 5.30 Å². The Bertz CT molecular complexity index is 262. The molecule has 0 amide bonds. The second kappa shape index (κ2) is 2.95. The molecule has 1 aromatic carbocycles. The molecular formula is C6H6FO2P. The summed E-state index contributed by atoms with van der Waals surface area (Å²) in [4.78, 5) is 8.53. The molecule has 0 saturated heterocycles. The van der Waals surface area contributed by atoms with Gasteiger partial charge in [0.15, 0.2) is 0 Å². The summed E-state index contributed by atoms with van der Waals surface area (Å²) < 4.78 is 22.7. The minimum Gasteiger partial charge on any atom is -0.343 e. The minimum absolute atomic E-state index is 0.157. The Morgan fingerprint density at radius 2 is 2.20 bits per heavy atom. The van der Waals surface area contributed by atoms with Crippen LogP contribution in [0.4, 0.5) is 4.39 Å².